The van der Waals surface area contributed by atoms with E-state index in [4.69, 9.17) is 0 Å². The molecule has 2 unspecified atom stereocenters. The van der Waals surface area contributed by atoms with Crippen LogP contribution in [0.15, 0.2) is 11.1 Å². The first-order chi connectivity index (χ1) is 5.75. The summed E-state index contributed by atoms with van der Waals surface area (Å²) in [4.78, 5) is 22.5. The summed E-state index contributed by atoms with van der Waals surface area (Å²) in [6, 6.07) is 0. The molecule has 0 amide bonds. The van der Waals surface area contributed by atoms with E-state index >= 15 is 0 Å². The summed E-state index contributed by atoms with van der Waals surface area (Å²) in [6.07, 6.45) is 2.52. The molecule has 0 radical (unpaired) electrons. The van der Waals surface area contributed by atoms with Gasteiger partial charge in [-0.15, -0.1) is 0 Å². The van der Waals surface area contributed by atoms with Crippen molar-refractivity contribution < 1.29 is 14.3 Å². The maximum atomic E-state index is 11.2. The van der Waals surface area contributed by atoms with Crippen molar-refractivity contribution in [2.24, 2.45) is 11.8 Å². The minimum atomic E-state index is -0.377. The summed E-state index contributed by atoms with van der Waals surface area (Å²) in [5, 5.41) is 0. The molecule has 3 heteroatoms. The Kier molecular flexibility index (Phi) is 0.953. The highest BCUT2D eigenvalue weighted by Crippen LogP contribution is 2.50. The van der Waals surface area contributed by atoms with Gasteiger partial charge in [-0.05, 0) is 25.2 Å². The molecule has 62 valence electrons. The van der Waals surface area contributed by atoms with Crippen LogP contribution in [0.25, 0.3) is 0 Å². The van der Waals surface area contributed by atoms with Crippen molar-refractivity contribution in [3.8, 4) is 0 Å². The van der Waals surface area contributed by atoms with Gasteiger partial charge < -0.3 is 4.74 Å². The molecule has 1 saturated carbocycles. The van der Waals surface area contributed by atoms with Gasteiger partial charge in [-0.25, -0.2) is 4.79 Å². The van der Waals surface area contributed by atoms with Gasteiger partial charge in [0.1, 0.15) is 0 Å². The first kappa shape index (κ1) is 6.40. The molecule has 0 N–H and O–H groups in total. The predicted molar refractivity (Wildman–Crippen MR) is 39.0 cm³/mol. The van der Waals surface area contributed by atoms with Crippen molar-refractivity contribution in [1.29, 1.82) is 0 Å². The molecule has 4 aliphatic rings. The summed E-state index contributed by atoms with van der Waals surface area (Å²) in [7, 11) is 0. The van der Waals surface area contributed by atoms with Crippen molar-refractivity contribution in [3.63, 3.8) is 0 Å². The Hall–Kier alpha value is -1.12. The molecule has 0 aromatic rings. The lowest BCUT2D eigenvalue weighted by molar-refractivity contribution is -0.159. The van der Waals surface area contributed by atoms with E-state index in [0.29, 0.717) is 5.92 Å². The fraction of sp³-hybridized carbons (Fsp3) is 0.556. The van der Waals surface area contributed by atoms with Gasteiger partial charge >= 0.3 is 11.9 Å². The Labute approximate surface area is 69.4 Å². The zero-order valence-electron chi connectivity index (χ0n) is 6.50. The Morgan fingerprint density at radius 1 is 1.17 bits per heavy atom. The van der Waals surface area contributed by atoms with E-state index in [-0.39, 0.29) is 17.9 Å². The Morgan fingerprint density at radius 2 is 2.00 bits per heavy atom. The van der Waals surface area contributed by atoms with Crippen LogP contribution in [0.1, 0.15) is 19.3 Å². The summed E-state index contributed by atoms with van der Waals surface area (Å²) in [5.74, 6) is -0.297. The van der Waals surface area contributed by atoms with Crippen molar-refractivity contribution >= 4 is 11.9 Å². The SMILES string of the molecule is O=C1OC(=O)C2CC3=C1CC2C3. The monoisotopic (exact) mass is 164 g/mol. The fourth-order valence-electron chi connectivity index (χ4n) is 2.57. The third-order valence-corrected chi connectivity index (χ3v) is 3.18. The number of ether oxygens (including phenoxy) is 1. The third kappa shape index (κ3) is 0.578. The number of fused-ring (bicyclic) bond motifs is 2. The molecular formula is C9H8O3. The van der Waals surface area contributed by atoms with Crippen LogP contribution in [0, 0.1) is 11.8 Å². The van der Waals surface area contributed by atoms with Gasteiger partial charge in [0.05, 0.1) is 5.92 Å². The van der Waals surface area contributed by atoms with E-state index in [1.807, 2.05) is 0 Å². The molecule has 2 fully saturated rings. The maximum Gasteiger partial charge on any atom is 0.341 e. The van der Waals surface area contributed by atoms with Crippen LogP contribution in [-0.2, 0) is 14.3 Å². The molecule has 2 aliphatic carbocycles. The molecule has 12 heavy (non-hydrogen) atoms. The molecule has 3 nitrogen and oxygen atoms in total. The largest absolute Gasteiger partial charge is 0.389 e. The molecular weight excluding hydrogens is 156 g/mol. The molecule has 2 aliphatic heterocycles. The van der Waals surface area contributed by atoms with Crippen LogP contribution >= 0.6 is 0 Å². The molecule has 2 heterocycles. The summed E-state index contributed by atoms with van der Waals surface area (Å²) in [5.41, 5.74) is 1.97. The Morgan fingerprint density at radius 3 is 2.67 bits per heavy atom. The molecule has 0 aromatic carbocycles. The first-order valence-electron chi connectivity index (χ1n) is 4.22. The van der Waals surface area contributed by atoms with E-state index in [9.17, 15) is 9.59 Å². The van der Waals surface area contributed by atoms with Crippen molar-refractivity contribution in [1.82, 2.24) is 0 Å². The number of hydrogen-bond donors (Lipinski definition) is 0. The maximum absolute atomic E-state index is 11.2. The van der Waals surface area contributed by atoms with Crippen molar-refractivity contribution in [2.75, 3.05) is 0 Å². The zero-order valence-corrected chi connectivity index (χ0v) is 6.50. The Bertz CT molecular complexity index is 327. The minimum Gasteiger partial charge on any atom is -0.389 e. The third-order valence-electron chi connectivity index (χ3n) is 3.18. The molecule has 0 aromatic heterocycles. The highest BCUT2D eigenvalue weighted by atomic mass is 16.6. The Balaban J connectivity index is 2.17. The number of carbonyl (C=O) groups excluding carboxylic acids is 2. The van der Waals surface area contributed by atoms with E-state index in [1.54, 1.807) is 0 Å². The average molecular weight is 164 g/mol. The smallest absolute Gasteiger partial charge is 0.341 e. The number of hydrogen-bond acceptors (Lipinski definition) is 3. The summed E-state index contributed by atoms with van der Waals surface area (Å²) >= 11 is 0. The van der Waals surface area contributed by atoms with Gasteiger partial charge in [-0.3, -0.25) is 4.79 Å². The van der Waals surface area contributed by atoms with E-state index in [2.05, 4.69) is 4.74 Å². The molecule has 4 rings (SSSR count). The average Bonchev–Trinajstić information content (AvgIpc) is 2.56. The normalized spacial score (nSPS) is 37.7. The second-order valence-electron chi connectivity index (χ2n) is 3.77. The van der Waals surface area contributed by atoms with E-state index < -0.39 is 0 Å². The van der Waals surface area contributed by atoms with E-state index in [1.165, 1.54) is 5.57 Å². The molecule has 4 bridgehead atoms. The second-order valence-corrected chi connectivity index (χ2v) is 3.77. The highest BCUT2D eigenvalue weighted by molar-refractivity contribution is 6.01. The van der Waals surface area contributed by atoms with Crippen molar-refractivity contribution in [2.45, 2.75) is 19.3 Å². The van der Waals surface area contributed by atoms with Crippen molar-refractivity contribution in [3.05, 3.63) is 11.1 Å². The van der Waals surface area contributed by atoms with Gasteiger partial charge in [0.2, 0.25) is 0 Å². The summed E-state index contributed by atoms with van der Waals surface area (Å²) in [6.45, 7) is 0. The predicted octanol–water partition coefficient (Wildman–Crippen LogP) is 0.796. The minimum absolute atomic E-state index is 0.00444. The second kappa shape index (κ2) is 1.79. The lowest BCUT2D eigenvalue weighted by Gasteiger charge is -2.11. The van der Waals surface area contributed by atoms with Crippen LogP contribution in [-0.4, -0.2) is 11.9 Å². The van der Waals surface area contributed by atoms with Gasteiger partial charge in [0.15, 0.2) is 0 Å². The standard InChI is InChI=1S/C9H8O3/c10-8-6-2-4-1-5(6)3-7(4)9(11)12-8/h4,7H,1-3H2. The van der Waals surface area contributed by atoms with Crippen LogP contribution in [0.5, 0.6) is 0 Å². The number of carbonyl (C=O) groups is 2. The molecule has 2 atom stereocenters. The lowest BCUT2D eigenvalue weighted by atomic mass is 9.90. The number of allylic oxidation sites excluding steroid dienone is 1. The zero-order chi connectivity index (χ0) is 8.29. The quantitative estimate of drug-likeness (QED) is 0.393. The van der Waals surface area contributed by atoms with Gasteiger partial charge in [-0.1, -0.05) is 5.57 Å². The van der Waals surface area contributed by atoms with Gasteiger partial charge in [-0.2, -0.15) is 0 Å². The van der Waals surface area contributed by atoms with Gasteiger partial charge in [0, 0.05) is 5.57 Å². The highest BCUT2D eigenvalue weighted by Gasteiger charge is 2.48. The first-order valence-corrected chi connectivity index (χ1v) is 4.22. The fourth-order valence-corrected chi connectivity index (χ4v) is 2.57. The number of rotatable bonds is 0. The molecule has 1 saturated heterocycles. The number of esters is 2. The molecule has 0 spiro atoms. The van der Waals surface area contributed by atoms with Crippen LogP contribution in [0.4, 0.5) is 0 Å². The lowest BCUT2D eigenvalue weighted by Crippen LogP contribution is -2.19. The van der Waals surface area contributed by atoms with Crippen LogP contribution < -0.4 is 0 Å². The van der Waals surface area contributed by atoms with Crippen LogP contribution in [0.3, 0.4) is 0 Å². The van der Waals surface area contributed by atoms with Crippen LogP contribution in [0.2, 0.25) is 0 Å². The van der Waals surface area contributed by atoms with Gasteiger partial charge in [0.25, 0.3) is 0 Å². The topological polar surface area (TPSA) is 43.4 Å². The van der Waals surface area contributed by atoms with E-state index in [0.717, 1.165) is 24.8 Å². The summed E-state index contributed by atoms with van der Waals surface area (Å²) < 4.78 is 4.66.